The fraction of sp³-hybridized carbons (Fsp3) is 0.100. The smallest absolute Gasteiger partial charge is 0.471 e. The highest BCUT2D eigenvalue weighted by atomic mass is 32.1. The van der Waals surface area contributed by atoms with Crippen molar-refractivity contribution in [3.63, 3.8) is 0 Å². The van der Waals surface area contributed by atoms with E-state index >= 15 is 0 Å². The molecule has 2 N–H and O–H groups in total. The highest BCUT2D eigenvalue weighted by molar-refractivity contribution is 7.21. The maximum atomic E-state index is 12.2. The number of pyridine rings is 1. The van der Waals surface area contributed by atoms with Crippen molar-refractivity contribution in [3.8, 4) is 0 Å². The maximum absolute atomic E-state index is 12.2. The SMILES string of the molecule is O=C(O)c1sc2cnccc2c1NC(=O)C(F)(F)F. The van der Waals surface area contributed by atoms with Crippen LogP contribution in [0.15, 0.2) is 18.5 Å². The molecule has 0 aliphatic rings. The number of fused-ring (bicyclic) bond motifs is 1. The molecule has 5 nitrogen and oxygen atoms in total. The molecule has 2 aromatic rings. The molecule has 0 saturated carbocycles. The van der Waals surface area contributed by atoms with Crippen LogP contribution in [0.1, 0.15) is 9.67 Å². The standard InChI is InChI=1S/C10H5F3N2O3S/c11-10(12,13)9(18)15-6-4-1-2-14-3-5(4)19-7(6)8(16)17/h1-3H,(H,15,18)(H,16,17). The summed E-state index contributed by atoms with van der Waals surface area (Å²) >= 11 is 0.741. The second kappa shape index (κ2) is 4.50. The number of hydrogen-bond donors (Lipinski definition) is 2. The van der Waals surface area contributed by atoms with Crippen molar-refractivity contribution in [2.24, 2.45) is 0 Å². The zero-order chi connectivity index (χ0) is 14.2. The van der Waals surface area contributed by atoms with Gasteiger partial charge in [0.05, 0.1) is 10.4 Å². The number of aromatic nitrogens is 1. The summed E-state index contributed by atoms with van der Waals surface area (Å²) in [5.41, 5.74) is -0.364. The van der Waals surface area contributed by atoms with Crippen LogP contribution in [0.25, 0.3) is 10.1 Å². The molecule has 0 unspecified atom stereocenters. The first-order valence-electron chi connectivity index (χ1n) is 4.78. The lowest BCUT2D eigenvalue weighted by atomic mass is 10.2. The van der Waals surface area contributed by atoms with Crippen molar-refractivity contribution in [1.82, 2.24) is 4.98 Å². The molecule has 0 fully saturated rings. The van der Waals surface area contributed by atoms with E-state index in [2.05, 4.69) is 4.98 Å². The van der Waals surface area contributed by atoms with E-state index in [-0.39, 0.29) is 16.0 Å². The van der Waals surface area contributed by atoms with Crippen LogP contribution in [0.3, 0.4) is 0 Å². The topological polar surface area (TPSA) is 79.3 Å². The summed E-state index contributed by atoms with van der Waals surface area (Å²) in [4.78, 5) is 25.3. The number of carbonyl (C=O) groups is 2. The van der Waals surface area contributed by atoms with Gasteiger partial charge in [-0.25, -0.2) is 4.79 Å². The average molecular weight is 290 g/mol. The Morgan fingerprint density at radius 2 is 2.05 bits per heavy atom. The first-order chi connectivity index (χ1) is 8.80. The first kappa shape index (κ1) is 13.3. The highest BCUT2D eigenvalue weighted by Gasteiger charge is 2.39. The van der Waals surface area contributed by atoms with Crippen LogP contribution in [0.2, 0.25) is 0 Å². The second-order valence-corrected chi connectivity index (χ2v) is 4.49. The molecular weight excluding hydrogens is 285 g/mol. The van der Waals surface area contributed by atoms with Crippen molar-refractivity contribution < 1.29 is 27.9 Å². The number of rotatable bonds is 2. The average Bonchev–Trinajstić information content (AvgIpc) is 2.67. The molecule has 0 saturated heterocycles. The van der Waals surface area contributed by atoms with Gasteiger partial charge < -0.3 is 10.4 Å². The fourth-order valence-electron chi connectivity index (χ4n) is 1.41. The molecule has 0 bridgehead atoms. The number of anilines is 1. The summed E-state index contributed by atoms with van der Waals surface area (Å²) in [6, 6.07) is 1.34. The Labute approximate surface area is 107 Å². The lowest BCUT2D eigenvalue weighted by Gasteiger charge is -2.07. The second-order valence-electron chi connectivity index (χ2n) is 3.44. The number of alkyl halides is 3. The van der Waals surface area contributed by atoms with Crippen LogP contribution in [-0.4, -0.2) is 28.1 Å². The predicted molar refractivity (Wildman–Crippen MR) is 61.3 cm³/mol. The molecule has 2 rings (SSSR count). The zero-order valence-corrected chi connectivity index (χ0v) is 9.80. The van der Waals surface area contributed by atoms with Gasteiger partial charge >= 0.3 is 18.1 Å². The normalized spacial score (nSPS) is 11.5. The summed E-state index contributed by atoms with van der Waals surface area (Å²) < 4.78 is 37.0. The zero-order valence-electron chi connectivity index (χ0n) is 8.99. The van der Waals surface area contributed by atoms with Gasteiger partial charge in [-0.2, -0.15) is 13.2 Å². The van der Waals surface area contributed by atoms with Crippen LogP contribution in [-0.2, 0) is 4.79 Å². The number of aromatic carboxylic acids is 1. The van der Waals surface area contributed by atoms with E-state index in [4.69, 9.17) is 5.11 Å². The molecule has 2 aromatic heterocycles. The minimum atomic E-state index is -5.09. The summed E-state index contributed by atoms with van der Waals surface area (Å²) in [6.07, 6.45) is -2.48. The van der Waals surface area contributed by atoms with Crippen molar-refractivity contribution in [2.45, 2.75) is 6.18 Å². The minimum absolute atomic E-state index is 0.204. The number of halogens is 3. The van der Waals surface area contributed by atoms with Gasteiger partial charge in [-0.3, -0.25) is 9.78 Å². The third kappa shape index (κ3) is 2.50. The molecule has 0 aliphatic heterocycles. The van der Waals surface area contributed by atoms with Crippen LogP contribution < -0.4 is 5.32 Å². The monoisotopic (exact) mass is 290 g/mol. The highest BCUT2D eigenvalue weighted by Crippen LogP contribution is 2.36. The van der Waals surface area contributed by atoms with Gasteiger partial charge in [0.2, 0.25) is 0 Å². The Morgan fingerprint density at radius 1 is 1.37 bits per heavy atom. The van der Waals surface area contributed by atoms with Gasteiger partial charge in [0, 0.05) is 17.8 Å². The number of carbonyl (C=O) groups excluding carboxylic acids is 1. The van der Waals surface area contributed by atoms with E-state index in [9.17, 15) is 22.8 Å². The van der Waals surface area contributed by atoms with Crippen LogP contribution in [0.5, 0.6) is 0 Å². The van der Waals surface area contributed by atoms with Gasteiger partial charge in [0.25, 0.3) is 0 Å². The molecule has 9 heteroatoms. The Morgan fingerprint density at radius 3 is 2.63 bits per heavy atom. The van der Waals surface area contributed by atoms with Gasteiger partial charge in [-0.05, 0) is 6.07 Å². The molecule has 100 valence electrons. The molecule has 0 spiro atoms. The summed E-state index contributed by atoms with van der Waals surface area (Å²) in [5, 5.41) is 10.7. The molecule has 0 aromatic carbocycles. The van der Waals surface area contributed by atoms with Gasteiger partial charge in [-0.15, -0.1) is 11.3 Å². The molecule has 0 aliphatic carbocycles. The predicted octanol–water partition coefficient (Wildman–Crippen LogP) is 2.50. The Kier molecular flexibility index (Phi) is 3.14. The largest absolute Gasteiger partial charge is 0.477 e. The number of nitrogens with one attached hydrogen (secondary N) is 1. The number of carboxylic acid groups (broad SMARTS) is 1. The van der Waals surface area contributed by atoms with E-state index in [1.54, 1.807) is 5.32 Å². The number of thiophene rings is 1. The van der Waals surface area contributed by atoms with Crippen LogP contribution in [0.4, 0.5) is 18.9 Å². The summed E-state index contributed by atoms with van der Waals surface area (Å²) in [5.74, 6) is -3.63. The maximum Gasteiger partial charge on any atom is 0.471 e. The molecule has 1 amide bonds. The van der Waals surface area contributed by atoms with E-state index in [1.165, 1.54) is 18.5 Å². The summed E-state index contributed by atoms with van der Waals surface area (Å²) in [7, 11) is 0. The van der Waals surface area contributed by atoms with Crippen molar-refractivity contribution in [2.75, 3.05) is 5.32 Å². The third-order valence-electron chi connectivity index (χ3n) is 2.18. The van der Waals surface area contributed by atoms with Crippen molar-refractivity contribution in [3.05, 3.63) is 23.3 Å². The van der Waals surface area contributed by atoms with Crippen molar-refractivity contribution in [1.29, 1.82) is 0 Å². The Balaban J connectivity index is 2.54. The van der Waals surface area contributed by atoms with Crippen LogP contribution >= 0.6 is 11.3 Å². The van der Waals surface area contributed by atoms with E-state index in [0.29, 0.717) is 4.70 Å². The lowest BCUT2D eigenvalue weighted by Crippen LogP contribution is -2.30. The lowest BCUT2D eigenvalue weighted by molar-refractivity contribution is -0.167. The third-order valence-corrected chi connectivity index (χ3v) is 3.31. The molecule has 19 heavy (non-hydrogen) atoms. The van der Waals surface area contributed by atoms with Crippen molar-refractivity contribution >= 4 is 39.0 Å². The first-order valence-corrected chi connectivity index (χ1v) is 5.60. The van der Waals surface area contributed by atoms with E-state index in [0.717, 1.165) is 11.3 Å². The molecule has 0 atom stereocenters. The molecular formula is C10H5F3N2O3S. The number of hydrogen-bond acceptors (Lipinski definition) is 4. The van der Waals surface area contributed by atoms with Gasteiger partial charge in [-0.1, -0.05) is 0 Å². The minimum Gasteiger partial charge on any atom is -0.477 e. The number of amides is 1. The van der Waals surface area contributed by atoms with E-state index < -0.39 is 18.1 Å². The Hall–Kier alpha value is -2.16. The van der Waals surface area contributed by atoms with Crippen LogP contribution in [0, 0.1) is 0 Å². The summed E-state index contributed by atoms with van der Waals surface area (Å²) in [6.45, 7) is 0. The van der Waals surface area contributed by atoms with E-state index in [1.807, 2.05) is 0 Å². The number of carboxylic acids is 1. The molecule has 2 heterocycles. The Bertz CT molecular complexity index is 666. The quantitative estimate of drug-likeness (QED) is 0.890. The van der Waals surface area contributed by atoms with Gasteiger partial charge in [0.1, 0.15) is 4.88 Å². The van der Waals surface area contributed by atoms with Gasteiger partial charge in [0.15, 0.2) is 0 Å². The molecule has 0 radical (unpaired) electrons. The fourth-order valence-corrected chi connectivity index (χ4v) is 2.37. The number of nitrogens with zero attached hydrogens (tertiary/aromatic N) is 1.